The Morgan fingerprint density at radius 1 is 1.45 bits per heavy atom. The van der Waals surface area contributed by atoms with Gasteiger partial charge in [0.1, 0.15) is 0 Å². The lowest BCUT2D eigenvalue weighted by Crippen LogP contribution is -2.31. The lowest BCUT2D eigenvalue weighted by atomic mass is 10.4. The zero-order chi connectivity index (χ0) is 14.4. The number of hydrogen-bond acceptors (Lipinski definition) is 7. The molecule has 0 aliphatic heterocycles. The van der Waals surface area contributed by atoms with Gasteiger partial charge in [0.05, 0.1) is 26.5 Å². The summed E-state index contributed by atoms with van der Waals surface area (Å²) in [4.78, 5) is 13.2. The summed E-state index contributed by atoms with van der Waals surface area (Å²) in [6.45, 7) is 3.37. The molecule has 0 amide bonds. The number of carbonyl (C=O) groups excluding carboxylic acids is 1. The molecule has 0 spiro atoms. The fourth-order valence-electron chi connectivity index (χ4n) is 1.79. The second-order valence-electron chi connectivity index (χ2n) is 4.27. The summed E-state index contributed by atoms with van der Waals surface area (Å²) in [5.41, 5.74) is 0. The van der Waals surface area contributed by atoms with Gasteiger partial charge in [-0.25, -0.2) is 0 Å². The number of hydrogen-bond donors (Lipinski definition) is 0. The van der Waals surface area contributed by atoms with E-state index < -0.39 is 0 Å². The highest BCUT2D eigenvalue weighted by atomic mass is 16.5. The molecule has 2 aromatic rings. The molecule has 2 heterocycles. The number of carbonyl (C=O) groups is 1. The van der Waals surface area contributed by atoms with E-state index in [2.05, 4.69) is 14.9 Å². The standard InChI is InChI=1S/C13H17N3O4/c1-3-6-16(9-12(17)18-2)8-11-14-15-13(20-11)10-5-4-7-19-10/h4-5,7H,3,6,8-9H2,1-2H3. The van der Waals surface area contributed by atoms with E-state index in [4.69, 9.17) is 8.83 Å². The van der Waals surface area contributed by atoms with Crippen LogP contribution in [0, 0.1) is 0 Å². The second-order valence-corrected chi connectivity index (χ2v) is 4.27. The van der Waals surface area contributed by atoms with Gasteiger partial charge in [-0.1, -0.05) is 6.92 Å². The predicted octanol–water partition coefficient (Wildman–Crippen LogP) is 1.71. The summed E-state index contributed by atoms with van der Waals surface area (Å²) >= 11 is 0. The zero-order valence-electron chi connectivity index (χ0n) is 11.5. The molecule has 7 nitrogen and oxygen atoms in total. The van der Waals surface area contributed by atoms with E-state index in [0.29, 0.717) is 24.1 Å². The van der Waals surface area contributed by atoms with Crippen molar-refractivity contribution in [2.75, 3.05) is 20.2 Å². The molecule has 7 heteroatoms. The number of aromatic nitrogens is 2. The normalized spacial score (nSPS) is 10.9. The van der Waals surface area contributed by atoms with Crippen LogP contribution in [0.2, 0.25) is 0 Å². The summed E-state index contributed by atoms with van der Waals surface area (Å²) in [5.74, 6) is 1.01. The Kier molecular flexibility index (Phi) is 4.89. The van der Waals surface area contributed by atoms with Gasteiger partial charge in [0.25, 0.3) is 5.89 Å². The Balaban J connectivity index is 2.01. The number of rotatable bonds is 7. The Labute approximate surface area is 116 Å². The Hall–Kier alpha value is -2.15. The van der Waals surface area contributed by atoms with Crippen molar-refractivity contribution in [2.45, 2.75) is 19.9 Å². The number of esters is 1. The molecule has 0 aromatic carbocycles. The minimum absolute atomic E-state index is 0.197. The van der Waals surface area contributed by atoms with E-state index in [9.17, 15) is 4.79 Å². The van der Waals surface area contributed by atoms with E-state index in [1.165, 1.54) is 7.11 Å². The first-order valence-electron chi connectivity index (χ1n) is 6.38. The smallest absolute Gasteiger partial charge is 0.319 e. The van der Waals surface area contributed by atoms with Gasteiger partial charge in [0.15, 0.2) is 5.76 Å². The molecule has 0 atom stereocenters. The van der Waals surface area contributed by atoms with Crippen molar-refractivity contribution >= 4 is 5.97 Å². The molecule has 108 valence electrons. The lowest BCUT2D eigenvalue weighted by Gasteiger charge is -2.17. The lowest BCUT2D eigenvalue weighted by molar-refractivity contribution is -0.142. The predicted molar refractivity (Wildman–Crippen MR) is 69.6 cm³/mol. The van der Waals surface area contributed by atoms with Crippen molar-refractivity contribution in [3.8, 4) is 11.7 Å². The third-order valence-electron chi connectivity index (χ3n) is 2.68. The number of nitrogens with zero attached hydrogens (tertiary/aromatic N) is 3. The first-order chi connectivity index (χ1) is 9.72. The number of furan rings is 1. The quantitative estimate of drug-likeness (QED) is 0.713. The number of methoxy groups -OCH3 is 1. The SMILES string of the molecule is CCCN(CC(=O)OC)Cc1nnc(-c2ccco2)o1. The van der Waals surface area contributed by atoms with Crippen LogP contribution in [-0.4, -0.2) is 41.3 Å². The van der Waals surface area contributed by atoms with Crippen molar-refractivity contribution in [1.82, 2.24) is 15.1 Å². The highest BCUT2D eigenvalue weighted by Gasteiger charge is 2.16. The maximum absolute atomic E-state index is 11.3. The molecule has 0 unspecified atom stereocenters. The molecule has 0 fully saturated rings. The zero-order valence-corrected chi connectivity index (χ0v) is 11.5. The van der Waals surface area contributed by atoms with E-state index in [0.717, 1.165) is 13.0 Å². The molecule has 2 aromatic heterocycles. The van der Waals surface area contributed by atoms with Gasteiger partial charge < -0.3 is 13.6 Å². The molecule has 0 saturated carbocycles. The summed E-state index contributed by atoms with van der Waals surface area (Å²) in [7, 11) is 1.37. The molecule has 0 saturated heterocycles. The van der Waals surface area contributed by atoms with Crippen LogP contribution >= 0.6 is 0 Å². The van der Waals surface area contributed by atoms with Gasteiger partial charge in [0.2, 0.25) is 5.89 Å². The van der Waals surface area contributed by atoms with Gasteiger partial charge in [0, 0.05) is 0 Å². The maximum atomic E-state index is 11.3. The fourth-order valence-corrected chi connectivity index (χ4v) is 1.79. The molecule has 0 aliphatic rings. The van der Waals surface area contributed by atoms with E-state index in [-0.39, 0.29) is 12.5 Å². The van der Waals surface area contributed by atoms with Gasteiger partial charge in [-0.15, -0.1) is 10.2 Å². The monoisotopic (exact) mass is 279 g/mol. The Morgan fingerprint density at radius 3 is 2.95 bits per heavy atom. The molecule has 0 N–H and O–H groups in total. The van der Waals surface area contributed by atoms with Crippen LogP contribution < -0.4 is 0 Å². The molecule has 0 bridgehead atoms. The van der Waals surface area contributed by atoms with Crippen LogP contribution in [0.5, 0.6) is 0 Å². The Morgan fingerprint density at radius 2 is 2.30 bits per heavy atom. The van der Waals surface area contributed by atoms with Crippen molar-refractivity contribution in [3.05, 3.63) is 24.3 Å². The molecular weight excluding hydrogens is 262 g/mol. The maximum Gasteiger partial charge on any atom is 0.319 e. The minimum Gasteiger partial charge on any atom is -0.468 e. The van der Waals surface area contributed by atoms with Gasteiger partial charge >= 0.3 is 5.97 Å². The van der Waals surface area contributed by atoms with Crippen molar-refractivity contribution in [3.63, 3.8) is 0 Å². The first kappa shape index (κ1) is 14.3. The molecule has 20 heavy (non-hydrogen) atoms. The van der Waals surface area contributed by atoms with Crippen LogP contribution in [0.4, 0.5) is 0 Å². The van der Waals surface area contributed by atoms with Crippen LogP contribution in [0.3, 0.4) is 0 Å². The number of ether oxygens (including phenoxy) is 1. The molecule has 2 rings (SSSR count). The van der Waals surface area contributed by atoms with Crippen LogP contribution in [0.25, 0.3) is 11.7 Å². The summed E-state index contributed by atoms with van der Waals surface area (Å²) in [6.07, 6.45) is 2.45. The summed E-state index contributed by atoms with van der Waals surface area (Å²) in [6, 6.07) is 3.50. The van der Waals surface area contributed by atoms with Gasteiger partial charge in [-0.3, -0.25) is 9.69 Å². The summed E-state index contributed by atoms with van der Waals surface area (Å²) in [5, 5.41) is 7.87. The topological polar surface area (TPSA) is 81.6 Å². The van der Waals surface area contributed by atoms with Crippen molar-refractivity contribution in [2.24, 2.45) is 0 Å². The van der Waals surface area contributed by atoms with Crippen LogP contribution in [-0.2, 0) is 16.1 Å². The average Bonchev–Trinajstić information content (AvgIpc) is 3.08. The van der Waals surface area contributed by atoms with Crippen LogP contribution in [0.1, 0.15) is 19.2 Å². The minimum atomic E-state index is -0.288. The second kappa shape index (κ2) is 6.85. The van der Waals surface area contributed by atoms with Gasteiger partial charge in [-0.05, 0) is 25.1 Å². The average molecular weight is 279 g/mol. The van der Waals surface area contributed by atoms with E-state index in [1.54, 1.807) is 18.4 Å². The third kappa shape index (κ3) is 3.67. The van der Waals surface area contributed by atoms with Crippen LogP contribution in [0.15, 0.2) is 27.2 Å². The highest BCUT2D eigenvalue weighted by molar-refractivity contribution is 5.71. The van der Waals surface area contributed by atoms with Gasteiger partial charge in [-0.2, -0.15) is 0 Å². The molecule has 0 radical (unpaired) electrons. The fraction of sp³-hybridized carbons (Fsp3) is 0.462. The van der Waals surface area contributed by atoms with E-state index in [1.807, 2.05) is 11.8 Å². The third-order valence-corrected chi connectivity index (χ3v) is 2.68. The Bertz CT molecular complexity index is 536. The molecular formula is C13H17N3O4. The van der Waals surface area contributed by atoms with Crippen molar-refractivity contribution in [1.29, 1.82) is 0 Å². The highest BCUT2D eigenvalue weighted by Crippen LogP contribution is 2.18. The van der Waals surface area contributed by atoms with Crippen molar-refractivity contribution < 1.29 is 18.4 Å². The first-order valence-corrected chi connectivity index (χ1v) is 6.38. The van der Waals surface area contributed by atoms with E-state index >= 15 is 0 Å². The summed E-state index contributed by atoms with van der Waals surface area (Å²) < 4.78 is 15.4. The largest absolute Gasteiger partial charge is 0.468 e. The molecule has 0 aliphatic carbocycles.